The summed E-state index contributed by atoms with van der Waals surface area (Å²) >= 11 is 1.66. The lowest BCUT2D eigenvalue weighted by molar-refractivity contribution is -0.103. The van der Waals surface area contributed by atoms with Gasteiger partial charge in [0.25, 0.3) is 0 Å². The molecule has 0 bridgehead atoms. The predicted octanol–water partition coefficient (Wildman–Crippen LogP) is 6.46. The molecule has 150 valence electrons. The fourth-order valence-corrected chi connectivity index (χ4v) is 4.43. The van der Waals surface area contributed by atoms with E-state index in [-0.39, 0.29) is 5.82 Å². The summed E-state index contributed by atoms with van der Waals surface area (Å²) in [6, 6.07) is 19.9. The number of benzene rings is 3. The largest absolute Gasteiger partial charge is 0.496 e. The number of fused-ring (bicyclic) bond motifs is 1. The van der Waals surface area contributed by atoms with Gasteiger partial charge in [-0.3, -0.25) is 4.79 Å². The van der Waals surface area contributed by atoms with E-state index in [4.69, 9.17) is 9.47 Å². The van der Waals surface area contributed by atoms with Crippen LogP contribution in [0.25, 0.3) is 32.2 Å². The molecular weight excluding hydrogens is 399 g/mol. The first-order chi connectivity index (χ1) is 14.6. The fraction of sp³-hybridized carbons (Fsp3) is 0.0800. The highest BCUT2D eigenvalue weighted by Crippen LogP contribution is 2.43. The number of carbonyl (C=O) groups is 1. The van der Waals surface area contributed by atoms with Gasteiger partial charge in [-0.2, -0.15) is 0 Å². The summed E-state index contributed by atoms with van der Waals surface area (Å²) in [6.07, 6.45) is 2.49. The number of halogens is 1. The quantitative estimate of drug-likeness (QED) is 0.205. The van der Waals surface area contributed by atoms with Crippen LogP contribution in [0, 0.1) is 5.82 Å². The summed E-state index contributed by atoms with van der Waals surface area (Å²) in [4.78, 5) is 13.0. The standard InChI is InChI=1S/C25H19FO3S/c1-28-22-14-23(29-2)21(25-12-17-5-3-4-6-24(17)30-25)13-20(22)18(15-27)11-16-7-9-19(26)10-8-16/h3-15H,1-2H3/b18-11-. The molecule has 30 heavy (non-hydrogen) atoms. The summed E-state index contributed by atoms with van der Waals surface area (Å²) in [5, 5.41) is 1.15. The third-order valence-corrected chi connectivity index (χ3v) is 5.99. The number of carbonyl (C=O) groups excluding carboxylic acids is 1. The molecule has 0 fully saturated rings. The molecule has 0 unspecified atom stereocenters. The number of hydrogen-bond donors (Lipinski definition) is 0. The second-order valence-corrected chi connectivity index (χ2v) is 7.75. The molecule has 4 aromatic rings. The molecule has 3 nitrogen and oxygen atoms in total. The maximum absolute atomic E-state index is 13.2. The first-order valence-electron chi connectivity index (χ1n) is 9.30. The number of methoxy groups -OCH3 is 2. The fourth-order valence-electron chi connectivity index (χ4n) is 3.35. The summed E-state index contributed by atoms with van der Waals surface area (Å²) in [5.74, 6) is 0.861. The molecule has 0 amide bonds. The van der Waals surface area contributed by atoms with Gasteiger partial charge in [-0.25, -0.2) is 4.39 Å². The zero-order valence-electron chi connectivity index (χ0n) is 16.5. The van der Waals surface area contributed by atoms with E-state index in [0.717, 1.165) is 27.7 Å². The van der Waals surface area contributed by atoms with E-state index in [9.17, 15) is 9.18 Å². The highest BCUT2D eigenvalue weighted by atomic mass is 32.1. The Morgan fingerprint density at radius 3 is 2.33 bits per heavy atom. The molecule has 0 aliphatic carbocycles. The third kappa shape index (κ3) is 3.84. The van der Waals surface area contributed by atoms with Gasteiger partial charge in [0.2, 0.25) is 0 Å². The monoisotopic (exact) mass is 418 g/mol. The lowest BCUT2D eigenvalue weighted by Crippen LogP contribution is -1.97. The van der Waals surface area contributed by atoms with Crippen molar-refractivity contribution in [1.82, 2.24) is 0 Å². The van der Waals surface area contributed by atoms with Crippen molar-refractivity contribution >= 4 is 39.4 Å². The minimum atomic E-state index is -0.325. The molecule has 0 aliphatic rings. The molecule has 0 radical (unpaired) electrons. The van der Waals surface area contributed by atoms with E-state index in [2.05, 4.69) is 18.2 Å². The van der Waals surface area contributed by atoms with Crippen molar-refractivity contribution in [2.45, 2.75) is 0 Å². The Labute approximate surface area is 178 Å². The zero-order chi connectivity index (χ0) is 21.1. The van der Waals surface area contributed by atoms with E-state index in [1.807, 2.05) is 18.2 Å². The van der Waals surface area contributed by atoms with Gasteiger partial charge in [-0.05, 0) is 47.4 Å². The molecule has 0 spiro atoms. The van der Waals surface area contributed by atoms with Gasteiger partial charge in [0.1, 0.15) is 17.3 Å². The van der Waals surface area contributed by atoms with Crippen molar-refractivity contribution < 1.29 is 18.7 Å². The number of hydrogen-bond acceptors (Lipinski definition) is 4. The normalized spacial score (nSPS) is 11.5. The second-order valence-electron chi connectivity index (χ2n) is 6.67. The average molecular weight is 418 g/mol. The minimum Gasteiger partial charge on any atom is -0.496 e. The minimum absolute atomic E-state index is 0.325. The predicted molar refractivity (Wildman–Crippen MR) is 121 cm³/mol. The van der Waals surface area contributed by atoms with Gasteiger partial charge in [-0.15, -0.1) is 11.3 Å². The first-order valence-corrected chi connectivity index (χ1v) is 10.1. The van der Waals surface area contributed by atoms with Gasteiger partial charge >= 0.3 is 0 Å². The van der Waals surface area contributed by atoms with Crippen LogP contribution in [0.4, 0.5) is 4.39 Å². The van der Waals surface area contributed by atoms with Gasteiger partial charge in [0.05, 0.1) is 14.2 Å². The molecular formula is C25H19FO3S. The highest BCUT2D eigenvalue weighted by molar-refractivity contribution is 7.22. The summed E-state index contributed by atoms with van der Waals surface area (Å²) in [6.45, 7) is 0. The van der Waals surface area contributed by atoms with Crippen LogP contribution in [0.3, 0.4) is 0 Å². The van der Waals surface area contributed by atoms with Crippen LogP contribution in [-0.4, -0.2) is 20.5 Å². The number of rotatable bonds is 6. The maximum atomic E-state index is 13.2. The lowest BCUT2D eigenvalue weighted by atomic mass is 9.99. The molecule has 1 aromatic heterocycles. The molecule has 3 aromatic carbocycles. The Morgan fingerprint density at radius 1 is 0.933 bits per heavy atom. The Bertz CT molecular complexity index is 1210. The van der Waals surface area contributed by atoms with Crippen LogP contribution in [0.1, 0.15) is 11.1 Å². The van der Waals surface area contributed by atoms with Crippen LogP contribution >= 0.6 is 11.3 Å². The van der Waals surface area contributed by atoms with E-state index in [0.29, 0.717) is 22.6 Å². The van der Waals surface area contributed by atoms with Crippen molar-refractivity contribution in [3.63, 3.8) is 0 Å². The Balaban J connectivity index is 1.89. The Kier molecular flexibility index (Phi) is 5.63. The van der Waals surface area contributed by atoms with Crippen molar-refractivity contribution in [1.29, 1.82) is 0 Å². The van der Waals surface area contributed by atoms with Gasteiger partial charge < -0.3 is 9.47 Å². The first kappa shape index (κ1) is 19.9. The summed E-state index contributed by atoms with van der Waals surface area (Å²) < 4.78 is 25.6. The maximum Gasteiger partial charge on any atom is 0.150 e. The van der Waals surface area contributed by atoms with E-state index in [1.54, 1.807) is 49.8 Å². The van der Waals surface area contributed by atoms with Gasteiger partial charge in [0.15, 0.2) is 6.29 Å². The van der Waals surface area contributed by atoms with Gasteiger partial charge in [0, 0.05) is 32.3 Å². The van der Waals surface area contributed by atoms with E-state index >= 15 is 0 Å². The van der Waals surface area contributed by atoms with Crippen LogP contribution < -0.4 is 9.47 Å². The van der Waals surface area contributed by atoms with Crippen LogP contribution in [0.2, 0.25) is 0 Å². The van der Waals surface area contributed by atoms with Crippen molar-refractivity contribution in [2.24, 2.45) is 0 Å². The molecule has 0 saturated carbocycles. The molecule has 1 heterocycles. The summed E-state index contributed by atoms with van der Waals surface area (Å²) in [5.41, 5.74) is 2.68. The molecule has 4 rings (SSSR count). The smallest absolute Gasteiger partial charge is 0.150 e. The lowest BCUT2D eigenvalue weighted by Gasteiger charge is -2.14. The molecule has 0 aliphatic heterocycles. The number of ether oxygens (including phenoxy) is 2. The molecule has 0 saturated heterocycles. The van der Waals surface area contributed by atoms with Crippen molar-refractivity contribution in [3.8, 4) is 21.9 Å². The number of aldehydes is 1. The molecule has 0 atom stereocenters. The second kappa shape index (κ2) is 8.51. The molecule has 5 heteroatoms. The third-order valence-electron chi connectivity index (χ3n) is 4.84. The van der Waals surface area contributed by atoms with Crippen LogP contribution in [0.15, 0.2) is 66.7 Å². The Hall–Kier alpha value is -3.44. The summed E-state index contributed by atoms with van der Waals surface area (Å²) in [7, 11) is 3.16. The van der Waals surface area contributed by atoms with Crippen LogP contribution in [-0.2, 0) is 4.79 Å². The van der Waals surface area contributed by atoms with Crippen LogP contribution in [0.5, 0.6) is 11.5 Å². The van der Waals surface area contributed by atoms with Gasteiger partial charge in [-0.1, -0.05) is 30.3 Å². The van der Waals surface area contributed by atoms with Crippen molar-refractivity contribution in [2.75, 3.05) is 14.2 Å². The highest BCUT2D eigenvalue weighted by Gasteiger charge is 2.17. The van der Waals surface area contributed by atoms with E-state index < -0.39 is 0 Å². The Morgan fingerprint density at radius 2 is 1.67 bits per heavy atom. The topological polar surface area (TPSA) is 35.5 Å². The van der Waals surface area contributed by atoms with E-state index in [1.165, 1.54) is 16.8 Å². The average Bonchev–Trinajstić information content (AvgIpc) is 3.22. The number of thiophene rings is 1. The molecule has 0 N–H and O–H groups in total. The SMILES string of the molecule is COc1cc(OC)c(-c2cc3ccccc3s2)cc1/C(C=O)=C\c1ccc(F)cc1. The zero-order valence-corrected chi connectivity index (χ0v) is 17.3. The number of allylic oxidation sites excluding steroid dienone is 1. The van der Waals surface area contributed by atoms with Crippen molar-refractivity contribution in [3.05, 3.63) is 83.7 Å².